The molecule has 1 fully saturated rings. The molecule has 1 unspecified atom stereocenters. The average molecular weight is 278 g/mol. The number of hydrogen-bond donors (Lipinski definition) is 1. The lowest BCUT2D eigenvalue weighted by molar-refractivity contribution is -0.386. The van der Waals surface area contributed by atoms with Crippen LogP contribution in [0.3, 0.4) is 0 Å². The first-order valence-electron chi connectivity index (χ1n) is 6.78. The molecule has 1 N–H and O–H groups in total. The molecule has 2 rings (SSSR count). The van der Waals surface area contributed by atoms with Gasteiger partial charge in [0, 0.05) is 12.1 Å². The number of carbonyl (C=O) groups is 1. The third kappa shape index (κ3) is 3.46. The minimum Gasteiger partial charge on any atom is -0.474 e. The maximum atomic E-state index is 12.0. The van der Waals surface area contributed by atoms with Gasteiger partial charge in [0.05, 0.1) is 4.92 Å². The van der Waals surface area contributed by atoms with Crippen molar-refractivity contribution in [1.29, 1.82) is 0 Å². The number of nitro groups is 1. The molecule has 6 nitrogen and oxygen atoms in total. The standard InChI is InChI=1S/C14H18N2O4/c1-10(14(17)15-11-6-2-3-7-11)20-13-9-5-4-8-12(13)16(18)19/h4-5,8-11H,2-3,6-7H2,1H3,(H,15,17). The number of nitrogens with one attached hydrogen (secondary N) is 1. The van der Waals surface area contributed by atoms with E-state index in [1.54, 1.807) is 19.1 Å². The molecular weight excluding hydrogens is 260 g/mol. The van der Waals surface area contributed by atoms with Crippen LogP contribution in [0, 0.1) is 10.1 Å². The van der Waals surface area contributed by atoms with E-state index in [1.807, 2.05) is 0 Å². The Morgan fingerprint density at radius 3 is 2.70 bits per heavy atom. The molecule has 1 aliphatic rings. The molecular formula is C14H18N2O4. The molecule has 1 atom stereocenters. The Hall–Kier alpha value is -2.11. The Kier molecular flexibility index (Phi) is 4.55. The number of rotatable bonds is 5. The molecule has 1 amide bonds. The van der Waals surface area contributed by atoms with Gasteiger partial charge in [-0.1, -0.05) is 25.0 Å². The van der Waals surface area contributed by atoms with Crippen LogP contribution in [0.2, 0.25) is 0 Å². The molecule has 0 saturated heterocycles. The van der Waals surface area contributed by atoms with Crippen molar-refractivity contribution in [3.05, 3.63) is 34.4 Å². The zero-order valence-electron chi connectivity index (χ0n) is 11.4. The molecule has 1 aromatic rings. The van der Waals surface area contributed by atoms with Gasteiger partial charge in [0.2, 0.25) is 0 Å². The summed E-state index contributed by atoms with van der Waals surface area (Å²) < 4.78 is 5.43. The summed E-state index contributed by atoms with van der Waals surface area (Å²) in [5.74, 6) is -0.110. The number of benzene rings is 1. The molecule has 0 aliphatic heterocycles. The van der Waals surface area contributed by atoms with E-state index in [0.717, 1.165) is 25.7 Å². The van der Waals surface area contributed by atoms with Gasteiger partial charge in [-0.15, -0.1) is 0 Å². The highest BCUT2D eigenvalue weighted by Gasteiger charge is 2.23. The molecule has 0 spiro atoms. The van der Waals surface area contributed by atoms with Crippen molar-refractivity contribution in [2.24, 2.45) is 0 Å². The van der Waals surface area contributed by atoms with Gasteiger partial charge >= 0.3 is 5.69 Å². The van der Waals surface area contributed by atoms with Crippen LogP contribution in [0.5, 0.6) is 5.75 Å². The van der Waals surface area contributed by atoms with E-state index in [1.165, 1.54) is 12.1 Å². The summed E-state index contributed by atoms with van der Waals surface area (Å²) in [7, 11) is 0. The Morgan fingerprint density at radius 2 is 2.05 bits per heavy atom. The van der Waals surface area contributed by atoms with E-state index >= 15 is 0 Å². The Morgan fingerprint density at radius 1 is 1.40 bits per heavy atom. The summed E-state index contributed by atoms with van der Waals surface area (Å²) in [4.78, 5) is 22.3. The summed E-state index contributed by atoms with van der Waals surface area (Å²) in [6.07, 6.45) is 3.49. The van der Waals surface area contributed by atoms with Gasteiger partial charge in [-0.25, -0.2) is 0 Å². The third-order valence-electron chi connectivity index (χ3n) is 3.44. The maximum Gasteiger partial charge on any atom is 0.310 e. The van der Waals surface area contributed by atoms with Gasteiger partial charge in [-0.05, 0) is 25.8 Å². The Labute approximate surface area is 117 Å². The number of ether oxygens (including phenoxy) is 1. The number of nitrogens with zero attached hydrogens (tertiary/aromatic N) is 1. The van der Waals surface area contributed by atoms with Crippen molar-refractivity contribution in [3.8, 4) is 5.75 Å². The van der Waals surface area contributed by atoms with Crippen molar-refractivity contribution in [1.82, 2.24) is 5.32 Å². The second-order valence-corrected chi connectivity index (χ2v) is 4.97. The normalized spacial score (nSPS) is 16.6. The van der Waals surface area contributed by atoms with Crippen LogP contribution in [0.15, 0.2) is 24.3 Å². The summed E-state index contributed by atoms with van der Waals surface area (Å²) in [6.45, 7) is 1.60. The first-order chi connectivity index (χ1) is 9.58. The van der Waals surface area contributed by atoms with Gasteiger partial charge in [0.1, 0.15) is 0 Å². The van der Waals surface area contributed by atoms with E-state index < -0.39 is 11.0 Å². The summed E-state index contributed by atoms with van der Waals surface area (Å²) in [5.41, 5.74) is -0.131. The van der Waals surface area contributed by atoms with Crippen LogP contribution in [0.25, 0.3) is 0 Å². The van der Waals surface area contributed by atoms with Crippen molar-refractivity contribution >= 4 is 11.6 Å². The van der Waals surface area contributed by atoms with Crippen molar-refractivity contribution in [3.63, 3.8) is 0 Å². The molecule has 0 radical (unpaired) electrons. The Bertz CT molecular complexity index is 498. The number of carbonyl (C=O) groups excluding carboxylic acids is 1. The minimum atomic E-state index is -0.753. The Balaban J connectivity index is 1.98. The fourth-order valence-electron chi connectivity index (χ4n) is 2.34. The first-order valence-corrected chi connectivity index (χ1v) is 6.78. The number of amides is 1. The fraction of sp³-hybridized carbons (Fsp3) is 0.500. The predicted molar refractivity (Wildman–Crippen MR) is 73.6 cm³/mol. The molecule has 1 saturated carbocycles. The van der Waals surface area contributed by atoms with Crippen LogP contribution in [-0.4, -0.2) is 23.0 Å². The zero-order chi connectivity index (χ0) is 14.5. The van der Waals surface area contributed by atoms with E-state index in [2.05, 4.69) is 5.32 Å². The second kappa shape index (κ2) is 6.36. The molecule has 0 bridgehead atoms. The van der Waals surface area contributed by atoms with Crippen LogP contribution < -0.4 is 10.1 Å². The van der Waals surface area contributed by atoms with Crippen LogP contribution >= 0.6 is 0 Å². The van der Waals surface area contributed by atoms with E-state index in [4.69, 9.17) is 4.74 Å². The number of nitro benzene ring substituents is 1. The predicted octanol–water partition coefficient (Wildman–Crippen LogP) is 2.42. The van der Waals surface area contributed by atoms with Crippen molar-refractivity contribution in [2.75, 3.05) is 0 Å². The van der Waals surface area contributed by atoms with E-state index in [0.29, 0.717) is 0 Å². The van der Waals surface area contributed by atoms with Crippen molar-refractivity contribution < 1.29 is 14.5 Å². The lowest BCUT2D eigenvalue weighted by Crippen LogP contribution is -2.41. The smallest absolute Gasteiger partial charge is 0.310 e. The number of hydrogen-bond acceptors (Lipinski definition) is 4. The minimum absolute atomic E-state index is 0.117. The summed E-state index contributed by atoms with van der Waals surface area (Å²) >= 11 is 0. The van der Waals surface area contributed by atoms with Gasteiger partial charge in [0.25, 0.3) is 5.91 Å². The molecule has 20 heavy (non-hydrogen) atoms. The average Bonchev–Trinajstić information content (AvgIpc) is 2.91. The lowest BCUT2D eigenvalue weighted by atomic mass is 10.2. The second-order valence-electron chi connectivity index (χ2n) is 4.97. The van der Waals surface area contributed by atoms with E-state index in [9.17, 15) is 14.9 Å². The fourth-order valence-corrected chi connectivity index (χ4v) is 2.34. The summed E-state index contributed by atoms with van der Waals surface area (Å²) in [5, 5.41) is 13.8. The van der Waals surface area contributed by atoms with Crippen molar-refractivity contribution in [2.45, 2.75) is 44.8 Å². The highest BCUT2D eigenvalue weighted by molar-refractivity contribution is 5.81. The van der Waals surface area contributed by atoms with Crippen LogP contribution in [0.4, 0.5) is 5.69 Å². The SMILES string of the molecule is CC(Oc1ccccc1[N+](=O)[O-])C(=O)NC1CCCC1. The molecule has 0 heterocycles. The molecule has 1 aliphatic carbocycles. The van der Waals surface area contributed by atoms with Crippen LogP contribution in [0.1, 0.15) is 32.6 Å². The molecule has 0 aromatic heterocycles. The number of para-hydroxylation sites is 2. The largest absolute Gasteiger partial charge is 0.474 e. The third-order valence-corrected chi connectivity index (χ3v) is 3.44. The monoisotopic (exact) mass is 278 g/mol. The summed E-state index contributed by atoms with van der Waals surface area (Å²) in [6, 6.07) is 6.27. The van der Waals surface area contributed by atoms with Crippen LogP contribution in [-0.2, 0) is 4.79 Å². The molecule has 108 valence electrons. The lowest BCUT2D eigenvalue weighted by Gasteiger charge is -2.17. The first kappa shape index (κ1) is 14.3. The zero-order valence-corrected chi connectivity index (χ0v) is 11.4. The quantitative estimate of drug-likeness (QED) is 0.662. The molecule has 1 aromatic carbocycles. The maximum absolute atomic E-state index is 12.0. The highest BCUT2D eigenvalue weighted by Crippen LogP contribution is 2.27. The highest BCUT2D eigenvalue weighted by atomic mass is 16.6. The van der Waals surface area contributed by atoms with Gasteiger partial charge in [-0.2, -0.15) is 0 Å². The van der Waals surface area contributed by atoms with Gasteiger partial charge in [-0.3, -0.25) is 14.9 Å². The van der Waals surface area contributed by atoms with E-state index in [-0.39, 0.29) is 23.4 Å². The van der Waals surface area contributed by atoms with Gasteiger partial charge in [0.15, 0.2) is 11.9 Å². The topological polar surface area (TPSA) is 81.5 Å². The molecule has 6 heteroatoms. The van der Waals surface area contributed by atoms with Gasteiger partial charge < -0.3 is 10.1 Å².